The number of hydrogen-bond acceptors (Lipinski definition) is 4. The van der Waals surface area contributed by atoms with Gasteiger partial charge in [-0.1, -0.05) is 38.2 Å². The number of amides is 1. The molecule has 4 nitrogen and oxygen atoms in total. The second-order valence-corrected chi connectivity index (χ2v) is 9.41. The van der Waals surface area contributed by atoms with Gasteiger partial charge in [-0.25, -0.2) is 9.37 Å². The number of aromatic nitrogens is 1. The molecule has 2 aromatic carbocycles. The highest BCUT2D eigenvalue weighted by molar-refractivity contribution is 9.10. The molecule has 0 atom stereocenters. The Morgan fingerprint density at radius 3 is 2.75 bits per heavy atom. The van der Waals surface area contributed by atoms with Crippen LogP contribution in [0.4, 0.5) is 9.52 Å². The summed E-state index contributed by atoms with van der Waals surface area (Å²) in [7, 11) is 0. The highest BCUT2D eigenvalue weighted by atomic mass is 79.9. The molecule has 0 spiro atoms. The molecule has 1 aromatic heterocycles. The van der Waals surface area contributed by atoms with E-state index in [4.69, 9.17) is 4.74 Å². The molecule has 1 amide bonds. The standard InChI is InChI=1S/C21H22BrFN2O2S/c1-21(2,3)13-6-9-17(15(22)11-13)27-10-4-5-19(26)25-20-24-16-8-7-14(23)12-18(16)28-20/h6-9,11-12H,4-5,10H2,1-3H3,(H,24,25,26). The average molecular weight is 465 g/mol. The van der Waals surface area contributed by atoms with Crippen molar-refractivity contribution in [3.05, 3.63) is 52.3 Å². The minimum atomic E-state index is -0.312. The van der Waals surface area contributed by atoms with Crippen LogP contribution in [0.3, 0.4) is 0 Å². The van der Waals surface area contributed by atoms with Gasteiger partial charge in [-0.15, -0.1) is 0 Å². The summed E-state index contributed by atoms with van der Waals surface area (Å²) in [4.78, 5) is 16.4. The number of ether oxygens (including phenoxy) is 1. The van der Waals surface area contributed by atoms with E-state index in [9.17, 15) is 9.18 Å². The van der Waals surface area contributed by atoms with Gasteiger partial charge in [0.1, 0.15) is 11.6 Å². The van der Waals surface area contributed by atoms with Gasteiger partial charge in [-0.3, -0.25) is 4.79 Å². The molecule has 0 saturated heterocycles. The van der Waals surface area contributed by atoms with Crippen molar-refractivity contribution in [1.82, 2.24) is 4.98 Å². The predicted molar refractivity (Wildman–Crippen MR) is 116 cm³/mol. The van der Waals surface area contributed by atoms with E-state index in [0.717, 1.165) is 10.2 Å². The first kappa shape index (κ1) is 20.7. The van der Waals surface area contributed by atoms with Gasteiger partial charge >= 0.3 is 0 Å². The number of benzene rings is 2. The van der Waals surface area contributed by atoms with Crippen LogP contribution in [-0.4, -0.2) is 17.5 Å². The van der Waals surface area contributed by atoms with Gasteiger partial charge in [-0.2, -0.15) is 0 Å². The fourth-order valence-corrected chi connectivity index (χ4v) is 4.03. The molecule has 3 rings (SSSR count). The molecule has 0 bridgehead atoms. The zero-order valence-electron chi connectivity index (χ0n) is 16.0. The highest BCUT2D eigenvalue weighted by Crippen LogP contribution is 2.31. The summed E-state index contributed by atoms with van der Waals surface area (Å²) in [6.45, 7) is 6.92. The summed E-state index contributed by atoms with van der Waals surface area (Å²) in [5.41, 5.74) is 1.97. The smallest absolute Gasteiger partial charge is 0.226 e. The third-order valence-corrected chi connectivity index (χ3v) is 5.75. The molecule has 0 unspecified atom stereocenters. The number of hydrogen-bond donors (Lipinski definition) is 1. The summed E-state index contributed by atoms with van der Waals surface area (Å²) < 4.78 is 20.6. The number of rotatable bonds is 6. The van der Waals surface area contributed by atoms with Gasteiger partial charge in [0.15, 0.2) is 5.13 Å². The molecule has 7 heteroatoms. The summed E-state index contributed by atoms with van der Waals surface area (Å²) in [5.74, 6) is 0.319. The molecule has 0 saturated carbocycles. The van der Waals surface area contributed by atoms with Crippen LogP contribution >= 0.6 is 27.3 Å². The largest absolute Gasteiger partial charge is 0.492 e. The minimum Gasteiger partial charge on any atom is -0.492 e. The number of carbonyl (C=O) groups is 1. The monoisotopic (exact) mass is 464 g/mol. The second-order valence-electron chi connectivity index (χ2n) is 7.53. The maximum absolute atomic E-state index is 13.2. The Morgan fingerprint density at radius 1 is 1.25 bits per heavy atom. The highest BCUT2D eigenvalue weighted by Gasteiger charge is 2.15. The number of nitrogens with zero attached hydrogens (tertiary/aromatic N) is 1. The Bertz CT molecular complexity index is 998. The lowest BCUT2D eigenvalue weighted by Crippen LogP contribution is -2.13. The summed E-state index contributed by atoms with van der Waals surface area (Å²) >= 11 is 4.81. The number of nitrogens with one attached hydrogen (secondary N) is 1. The SMILES string of the molecule is CC(C)(C)c1ccc(OCCCC(=O)Nc2nc3ccc(F)cc3s2)c(Br)c1. The van der Waals surface area contributed by atoms with Crippen LogP contribution < -0.4 is 10.1 Å². The van der Waals surface area contributed by atoms with Gasteiger partial charge in [0, 0.05) is 6.42 Å². The molecule has 28 heavy (non-hydrogen) atoms. The summed E-state index contributed by atoms with van der Waals surface area (Å²) in [6, 6.07) is 10.5. The van der Waals surface area contributed by atoms with E-state index in [2.05, 4.69) is 59.1 Å². The Morgan fingerprint density at radius 2 is 2.04 bits per heavy atom. The van der Waals surface area contributed by atoms with Gasteiger partial charge in [0.2, 0.25) is 5.91 Å². The third-order valence-electron chi connectivity index (χ3n) is 4.20. The number of carbonyl (C=O) groups excluding carboxylic acids is 1. The van der Waals surface area contributed by atoms with Crippen molar-refractivity contribution in [2.45, 2.75) is 39.0 Å². The van der Waals surface area contributed by atoms with E-state index in [0.29, 0.717) is 34.8 Å². The van der Waals surface area contributed by atoms with Crippen LogP contribution in [0.5, 0.6) is 5.75 Å². The van der Waals surface area contributed by atoms with E-state index in [1.807, 2.05) is 6.07 Å². The second kappa shape index (κ2) is 8.57. The van der Waals surface area contributed by atoms with E-state index in [1.165, 1.54) is 29.0 Å². The zero-order chi connectivity index (χ0) is 20.3. The van der Waals surface area contributed by atoms with Crippen molar-refractivity contribution < 1.29 is 13.9 Å². The molecule has 3 aromatic rings. The van der Waals surface area contributed by atoms with Gasteiger partial charge < -0.3 is 10.1 Å². The number of thiazole rings is 1. The van der Waals surface area contributed by atoms with Crippen LogP contribution in [0.25, 0.3) is 10.2 Å². The first-order valence-electron chi connectivity index (χ1n) is 9.01. The first-order chi connectivity index (χ1) is 13.2. The maximum atomic E-state index is 13.2. The van der Waals surface area contributed by atoms with Crippen molar-refractivity contribution >= 4 is 48.5 Å². The number of fused-ring (bicyclic) bond motifs is 1. The van der Waals surface area contributed by atoms with E-state index in [-0.39, 0.29) is 17.1 Å². The van der Waals surface area contributed by atoms with Gasteiger partial charge in [-0.05, 0) is 63.7 Å². The predicted octanol–water partition coefficient (Wildman–Crippen LogP) is 6.29. The van der Waals surface area contributed by atoms with Crippen molar-refractivity contribution in [3.8, 4) is 5.75 Å². The van der Waals surface area contributed by atoms with E-state index in [1.54, 1.807) is 6.07 Å². The fourth-order valence-electron chi connectivity index (χ4n) is 2.63. The lowest BCUT2D eigenvalue weighted by atomic mass is 9.87. The van der Waals surface area contributed by atoms with Crippen molar-refractivity contribution in [3.63, 3.8) is 0 Å². The third kappa shape index (κ3) is 5.29. The Kier molecular flexibility index (Phi) is 6.35. The van der Waals surface area contributed by atoms with Crippen LogP contribution in [0, 0.1) is 5.82 Å². The van der Waals surface area contributed by atoms with E-state index < -0.39 is 0 Å². The van der Waals surface area contributed by atoms with E-state index >= 15 is 0 Å². The summed E-state index contributed by atoms with van der Waals surface area (Å²) in [6.07, 6.45) is 0.904. The molecule has 0 radical (unpaired) electrons. The van der Waals surface area contributed by atoms with Crippen LogP contribution in [0.1, 0.15) is 39.2 Å². The van der Waals surface area contributed by atoms with Crippen molar-refractivity contribution in [1.29, 1.82) is 0 Å². The normalized spacial score (nSPS) is 11.6. The molecule has 0 aliphatic heterocycles. The average Bonchev–Trinajstić information content (AvgIpc) is 3.00. The van der Waals surface area contributed by atoms with Crippen molar-refractivity contribution in [2.75, 3.05) is 11.9 Å². The van der Waals surface area contributed by atoms with Gasteiger partial charge in [0.25, 0.3) is 0 Å². The first-order valence-corrected chi connectivity index (χ1v) is 10.6. The Hall–Kier alpha value is -1.99. The Balaban J connectivity index is 1.47. The quantitative estimate of drug-likeness (QED) is 0.435. The summed E-state index contributed by atoms with van der Waals surface area (Å²) in [5, 5.41) is 3.24. The Labute approximate surface area is 176 Å². The van der Waals surface area contributed by atoms with Crippen LogP contribution in [0.15, 0.2) is 40.9 Å². The zero-order valence-corrected chi connectivity index (χ0v) is 18.4. The molecule has 148 valence electrons. The maximum Gasteiger partial charge on any atom is 0.226 e. The van der Waals surface area contributed by atoms with Crippen molar-refractivity contribution in [2.24, 2.45) is 0 Å². The number of anilines is 1. The topological polar surface area (TPSA) is 51.2 Å². The minimum absolute atomic E-state index is 0.0749. The molecule has 1 N–H and O–H groups in total. The molecule has 0 aliphatic carbocycles. The molecule has 1 heterocycles. The number of halogens is 2. The fraction of sp³-hybridized carbons (Fsp3) is 0.333. The molecule has 0 aliphatic rings. The lowest BCUT2D eigenvalue weighted by Gasteiger charge is -2.20. The van der Waals surface area contributed by atoms with Crippen LogP contribution in [0.2, 0.25) is 0 Å². The molecular formula is C21H22BrFN2O2S. The lowest BCUT2D eigenvalue weighted by molar-refractivity contribution is -0.116. The molecular weight excluding hydrogens is 443 g/mol. The molecule has 0 fully saturated rings. The van der Waals surface area contributed by atoms with Crippen LogP contribution in [-0.2, 0) is 10.2 Å². The van der Waals surface area contributed by atoms with Gasteiger partial charge in [0.05, 0.1) is 21.3 Å².